The van der Waals surface area contributed by atoms with Crippen LogP contribution in [0.5, 0.6) is 11.5 Å². The van der Waals surface area contributed by atoms with Gasteiger partial charge in [-0.1, -0.05) is 6.07 Å². The van der Waals surface area contributed by atoms with Gasteiger partial charge in [-0.15, -0.1) is 0 Å². The van der Waals surface area contributed by atoms with Crippen molar-refractivity contribution < 1.29 is 9.47 Å². The molecule has 0 amide bonds. The fourth-order valence-electron chi connectivity index (χ4n) is 1.50. The summed E-state index contributed by atoms with van der Waals surface area (Å²) in [5, 5.41) is 0. The van der Waals surface area contributed by atoms with Crippen LogP contribution in [0, 0.1) is 0 Å². The lowest BCUT2D eigenvalue weighted by atomic mass is 10.0. The van der Waals surface area contributed by atoms with Crippen molar-refractivity contribution in [3.63, 3.8) is 0 Å². The van der Waals surface area contributed by atoms with E-state index >= 15 is 0 Å². The fraction of sp³-hybridized carbons (Fsp3) is 0.400. The van der Waals surface area contributed by atoms with E-state index in [0.29, 0.717) is 6.61 Å². The summed E-state index contributed by atoms with van der Waals surface area (Å²) in [7, 11) is 1.65. The number of rotatable bonds is 1. The van der Waals surface area contributed by atoms with Crippen molar-refractivity contribution in [3.05, 3.63) is 23.8 Å². The maximum Gasteiger partial charge on any atom is 0.126 e. The highest BCUT2D eigenvalue weighted by Crippen LogP contribution is 2.28. The Kier molecular flexibility index (Phi) is 2.10. The average Bonchev–Trinajstić information content (AvgIpc) is 2.17. The maximum atomic E-state index is 5.76. The Morgan fingerprint density at radius 1 is 1.54 bits per heavy atom. The number of nitrogens with two attached hydrogens (primary N) is 1. The van der Waals surface area contributed by atoms with Crippen LogP contribution in [-0.2, 0) is 6.42 Å². The van der Waals surface area contributed by atoms with Crippen LogP contribution in [0.3, 0.4) is 0 Å². The summed E-state index contributed by atoms with van der Waals surface area (Å²) in [5.41, 5.74) is 6.93. The third kappa shape index (κ3) is 1.60. The standard InChI is InChI=1S/C10H13NO2/c1-12-9-3-2-7-4-8(11)6-13-10(7)5-9/h2-3,5,8H,4,6,11H2,1H3. The highest BCUT2D eigenvalue weighted by Gasteiger charge is 2.16. The third-order valence-corrected chi connectivity index (χ3v) is 2.21. The molecular weight excluding hydrogens is 166 g/mol. The molecule has 1 aromatic rings. The zero-order valence-corrected chi connectivity index (χ0v) is 7.62. The van der Waals surface area contributed by atoms with E-state index in [4.69, 9.17) is 15.2 Å². The topological polar surface area (TPSA) is 44.5 Å². The molecule has 1 atom stereocenters. The molecule has 70 valence electrons. The van der Waals surface area contributed by atoms with E-state index < -0.39 is 0 Å². The lowest BCUT2D eigenvalue weighted by Crippen LogP contribution is -2.33. The SMILES string of the molecule is COc1ccc2c(c1)OCC(N)C2. The highest BCUT2D eigenvalue weighted by atomic mass is 16.5. The van der Waals surface area contributed by atoms with Crippen molar-refractivity contribution in [1.29, 1.82) is 0 Å². The molecule has 2 rings (SSSR count). The monoisotopic (exact) mass is 179 g/mol. The van der Waals surface area contributed by atoms with Crippen LogP contribution in [0.4, 0.5) is 0 Å². The Balaban J connectivity index is 2.31. The van der Waals surface area contributed by atoms with Crippen LogP contribution in [0.1, 0.15) is 5.56 Å². The van der Waals surface area contributed by atoms with E-state index in [1.165, 1.54) is 5.56 Å². The van der Waals surface area contributed by atoms with Crippen LogP contribution in [-0.4, -0.2) is 19.8 Å². The number of hydrogen-bond acceptors (Lipinski definition) is 3. The molecule has 1 heterocycles. The maximum absolute atomic E-state index is 5.76. The molecule has 0 fully saturated rings. The molecule has 0 aliphatic carbocycles. The van der Waals surface area contributed by atoms with Crippen molar-refractivity contribution >= 4 is 0 Å². The van der Waals surface area contributed by atoms with Gasteiger partial charge in [-0.3, -0.25) is 0 Å². The summed E-state index contributed by atoms with van der Waals surface area (Å²) >= 11 is 0. The van der Waals surface area contributed by atoms with Gasteiger partial charge in [0.2, 0.25) is 0 Å². The van der Waals surface area contributed by atoms with E-state index in [2.05, 4.69) is 0 Å². The first-order chi connectivity index (χ1) is 6.29. The average molecular weight is 179 g/mol. The lowest BCUT2D eigenvalue weighted by molar-refractivity contribution is 0.262. The van der Waals surface area contributed by atoms with Crippen molar-refractivity contribution in [2.45, 2.75) is 12.5 Å². The van der Waals surface area contributed by atoms with Gasteiger partial charge >= 0.3 is 0 Å². The minimum Gasteiger partial charge on any atom is -0.497 e. The Morgan fingerprint density at radius 2 is 2.38 bits per heavy atom. The minimum atomic E-state index is 0.126. The molecule has 0 saturated heterocycles. The van der Waals surface area contributed by atoms with Gasteiger partial charge in [0.1, 0.15) is 18.1 Å². The highest BCUT2D eigenvalue weighted by molar-refractivity contribution is 5.42. The smallest absolute Gasteiger partial charge is 0.126 e. The molecule has 0 aromatic heterocycles. The molecule has 3 heteroatoms. The Labute approximate surface area is 77.5 Å². The molecule has 1 unspecified atom stereocenters. The van der Waals surface area contributed by atoms with Gasteiger partial charge in [0, 0.05) is 12.1 Å². The van der Waals surface area contributed by atoms with Crippen molar-refractivity contribution in [2.24, 2.45) is 5.73 Å². The normalized spacial score (nSPS) is 20.3. The summed E-state index contributed by atoms with van der Waals surface area (Å²) in [6, 6.07) is 5.97. The fourth-order valence-corrected chi connectivity index (χ4v) is 1.50. The second-order valence-corrected chi connectivity index (χ2v) is 3.25. The first-order valence-corrected chi connectivity index (χ1v) is 4.35. The van der Waals surface area contributed by atoms with Crippen LogP contribution < -0.4 is 15.2 Å². The quantitative estimate of drug-likeness (QED) is 0.698. The number of fused-ring (bicyclic) bond motifs is 1. The van der Waals surface area contributed by atoms with Crippen LogP contribution in [0.15, 0.2) is 18.2 Å². The van der Waals surface area contributed by atoms with Gasteiger partial charge in [-0.2, -0.15) is 0 Å². The van der Waals surface area contributed by atoms with Gasteiger partial charge in [-0.05, 0) is 18.1 Å². The van der Waals surface area contributed by atoms with Crippen molar-refractivity contribution in [1.82, 2.24) is 0 Å². The number of hydrogen-bond donors (Lipinski definition) is 1. The van der Waals surface area contributed by atoms with Gasteiger partial charge < -0.3 is 15.2 Å². The van der Waals surface area contributed by atoms with Gasteiger partial charge in [0.15, 0.2) is 0 Å². The summed E-state index contributed by atoms with van der Waals surface area (Å²) in [6.45, 7) is 0.597. The Bertz CT molecular complexity index is 312. The molecule has 1 aliphatic rings. The van der Waals surface area contributed by atoms with E-state index in [1.54, 1.807) is 7.11 Å². The number of methoxy groups -OCH3 is 1. The second kappa shape index (κ2) is 3.26. The van der Waals surface area contributed by atoms with E-state index in [9.17, 15) is 0 Å². The molecule has 0 spiro atoms. The zero-order valence-electron chi connectivity index (χ0n) is 7.62. The minimum absolute atomic E-state index is 0.126. The molecule has 1 aromatic carbocycles. The number of benzene rings is 1. The molecular formula is C10H13NO2. The van der Waals surface area contributed by atoms with Gasteiger partial charge in [-0.25, -0.2) is 0 Å². The summed E-state index contributed by atoms with van der Waals surface area (Å²) < 4.78 is 10.6. The van der Waals surface area contributed by atoms with Gasteiger partial charge in [0.05, 0.1) is 7.11 Å². The van der Waals surface area contributed by atoms with E-state index in [0.717, 1.165) is 17.9 Å². The van der Waals surface area contributed by atoms with Crippen LogP contribution in [0.25, 0.3) is 0 Å². The molecule has 0 radical (unpaired) electrons. The van der Waals surface area contributed by atoms with Crippen molar-refractivity contribution in [2.75, 3.05) is 13.7 Å². The van der Waals surface area contributed by atoms with E-state index in [1.807, 2.05) is 18.2 Å². The molecule has 2 N–H and O–H groups in total. The Hall–Kier alpha value is -1.22. The third-order valence-electron chi connectivity index (χ3n) is 2.21. The van der Waals surface area contributed by atoms with Gasteiger partial charge in [0.25, 0.3) is 0 Å². The summed E-state index contributed by atoms with van der Waals surface area (Å²) in [4.78, 5) is 0. The van der Waals surface area contributed by atoms with Crippen molar-refractivity contribution in [3.8, 4) is 11.5 Å². The molecule has 3 nitrogen and oxygen atoms in total. The molecule has 0 saturated carbocycles. The summed E-state index contributed by atoms with van der Waals surface area (Å²) in [6.07, 6.45) is 0.888. The zero-order chi connectivity index (χ0) is 9.26. The summed E-state index contributed by atoms with van der Waals surface area (Å²) in [5.74, 6) is 1.73. The van der Waals surface area contributed by atoms with Crippen LogP contribution >= 0.6 is 0 Å². The molecule has 13 heavy (non-hydrogen) atoms. The Morgan fingerprint density at radius 3 is 3.15 bits per heavy atom. The largest absolute Gasteiger partial charge is 0.497 e. The first-order valence-electron chi connectivity index (χ1n) is 4.35. The predicted octanol–water partition coefficient (Wildman–Crippen LogP) is 0.957. The molecule has 1 aliphatic heterocycles. The predicted molar refractivity (Wildman–Crippen MR) is 50.2 cm³/mol. The van der Waals surface area contributed by atoms with E-state index in [-0.39, 0.29) is 6.04 Å². The second-order valence-electron chi connectivity index (χ2n) is 3.25. The lowest BCUT2D eigenvalue weighted by Gasteiger charge is -2.22. The molecule has 0 bridgehead atoms. The van der Waals surface area contributed by atoms with Crippen LogP contribution in [0.2, 0.25) is 0 Å². The number of ether oxygens (including phenoxy) is 2. The first kappa shape index (κ1) is 8.38.